The van der Waals surface area contributed by atoms with Crippen LogP contribution in [0.4, 0.5) is 20.2 Å². The first-order valence-corrected chi connectivity index (χ1v) is 10.2. The van der Waals surface area contributed by atoms with E-state index in [0.29, 0.717) is 24.2 Å². The van der Waals surface area contributed by atoms with Crippen molar-refractivity contribution in [2.45, 2.75) is 26.2 Å². The fourth-order valence-corrected chi connectivity index (χ4v) is 4.88. The van der Waals surface area contributed by atoms with Crippen LogP contribution in [0.2, 0.25) is 0 Å². The molecule has 1 amide bonds. The molecule has 1 aliphatic heterocycles. The average Bonchev–Trinajstić information content (AvgIpc) is 2.60. The van der Waals surface area contributed by atoms with Crippen LogP contribution in [0.5, 0.6) is 0 Å². The fourth-order valence-electron chi connectivity index (χ4n) is 3.29. The van der Waals surface area contributed by atoms with Gasteiger partial charge in [-0.1, -0.05) is 18.2 Å². The van der Waals surface area contributed by atoms with E-state index in [4.69, 9.17) is 0 Å². The molecule has 1 heterocycles. The Morgan fingerprint density at radius 2 is 1.81 bits per heavy atom. The summed E-state index contributed by atoms with van der Waals surface area (Å²) in [6.07, 6.45) is 1.05. The zero-order valence-electron chi connectivity index (χ0n) is 14.8. The molecule has 5 nitrogen and oxygen atoms in total. The molecule has 0 unspecified atom stereocenters. The second kappa shape index (κ2) is 7.64. The van der Waals surface area contributed by atoms with Gasteiger partial charge in [0.25, 0.3) is 0 Å². The Kier molecular flexibility index (Phi) is 5.46. The lowest BCUT2D eigenvalue weighted by molar-refractivity contribution is -0.114. The van der Waals surface area contributed by atoms with E-state index < -0.39 is 27.4 Å². The van der Waals surface area contributed by atoms with Crippen LogP contribution in [0.15, 0.2) is 36.4 Å². The summed E-state index contributed by atoms with van der Waals surface area (Å²) in [5, 5.41) is 2.66. The number of fused-ring (bicyclic) bond motifs is 1. The number of benzene rings is 2. The SMILES string of the molecule is CC(=O)Nc1cccc2c1N(S(=O)(=O)CCc1c(F)cccc1F)CCC2. The summed E-state index contributed by atoms with van der Waals surface area (Å²) in [7, 11) is -3.84. The van der Waals surface area contributed by atoms with Crippen molar-refractivity contribution in [1.82, 2.24) is 0 Å². The quantitative estimate of drug-likeness (QED) is 0.847. The van der Waals surface area contributed by atoms with Gasteiger partial charge in [-0.25, -0.2) is 17.2 Å². The highest BCUT2D eigenvalue weighted by atomic mass is 32.2. The molecule has 0 fully saturated rings. The molecule has 0 atom stereocenters. The maximum absolute atomic E-state index is 13.8. The number of nitrogens with zero attached hydrogens (tertiary/aromatic N) is 1. The van der Waals surface area contributed by atoms with Crippen molar-refractivity contribution in [1.29, 1.82) is 0 Å². The minimum absolute atomic E-state index is 0.242. The van der Waals surface area contributed by atoms with E-state index in [2.05, 4.69) is 5.32 Å². The normalized spacial score (nSPS) is 14.0. The standard InChI is InChI=1S/C19H20F2N2O3S/c1-13(24)22-18-9-2-5-14-6-4-11-23(19(14)18)27(25,26)12-10-15-16(20)7-3-8-17(15)21/h2-3,5,7-9H,4,6,10-12H2,1H3,(H,22,24). The van der Waals surface area contributed by atoms with Crippen LogP contribution in [0.1, 0.15) is 24.5 Å². The van der Waals surface area contributed by atoms with Crippen LogP contribution >= 0.6 is 0 Å². The van der Waals surface area contributed by atoms with Crippen LogP contribution in [-0.2, 0) is 27.7 Å². The number of nitrogens with one attached hydrogen (secondary N) is 1. The summed E-state index contributed by atoms with van der Waals surface area (Å²) in [6.45, 7) is 1.60. The number of para-hydroxylation sites is 1. The van der Waals surface area contributed by atoms with E-state index >= 15 is 0 Å². The molecule has 0 saturated carbocycles. The van der Waals surface area contributed by atoms with Crippen molar-refractivity contribution >= 4 is 27.3 Å². The van der Waals surface area contributed by atoms with Gasteiger partial charge in [-0.3, -0.25) is 9.10 Å². The smallest absolute Gasteiger partial charge is 0.235 e. The van der Waals surface area contributed by atoms with Gasteiger partial charge in [-0.05, 0) is 43.0 Å². The number of rotatable bonds is 5. The second-order valence-electron chi connectivity index (χ2n) is 6.44. The van der Waals surface area contributed by atoms with Gasteiger partial charge in [0, 0.05) is 19.0 Å². The van der Waals surface area contributed by atoms with Crippen LogP contribution in [-0.4, -0.2) is 26.6 Å². The third-order valence-electron chi connectivity index (χ3n) is 4.49. The van der Waals surface area contributed by atoms with E-state index in [-0.39, 0.29) is 24.4 Å². The van der Waals surface area contributed by atoms with Crippen molar-refractivity contribution in [3.8, 4) is 0 Å². The first kappa shape index (κ1) is 19.3. The predicted octanol–water partition coefficient (Wildman–Crippen LogP) is 3.25. The number of anilines is 2. The van der Waals surface area contributed by atoms with Crippen molar-refractivity contribution in [2.24, 2.45) is 0 Å². The highest BCUT2D eigenvalue weighted by Crippen LogP contribution is 2.36. The van der Waals surface area contributed by atoms with Gasteiger partial charge in [-0.15, -0.1) is 0 Å². The summed E-state index contributed by atoms with van der Waals surface area (Å²) >= 11 is 0. The Morgan fingerprint density at radius 1 is 1.15 bits per heavy atom. The number of halogens is 2. The topological polar surface area (TPSA) is 66.5 Å². The zero-order valence-corrected chi connectivity index (χ0v) is 15.7. The minimum atomic E-state index is -3.84. The molecule has 1 N–H and O–H groups in total. The Hall–Kier alpha value is -2.48. The lowest BCUT2D eigenvalue weighted by atomic mass is 10.0. The fraction of sp³-hybridized carbons (Fsp3) is 0.316. The predicted molar refractivity (Wildman–Crippen MR) is 100 cm³/mol. The molecular formula is C19H20F2N2O3S. The van der Waals surface area contributed by atoms with Gasteiger partial charge in [0.15, 0.2) is 0 Å². The number of carbonyl (C=O) groups is 1. The van der Waals surface area contributed by atoms with E-state index in [1.807, 2.05) is 6.07 Å². The maximum Gasteiger partial charge on any atom is 0.235 e. The minimum Gasteiger partial charge on any atom is -0.325 e. The first-order valence-electron chi connectivity index (χ1n) is 8.62. The lowest BCUT2D eigenvalue weighted by Crippen LogP contribution is -2.38. The van der Waals surface area contributed by atoms with Gasteiger partial charge < -0.3 is 5.32 Å². The molecule has 1 aliphatic rings. The number of carbonyl (C=O) groups excluding carboxylic acids is 1. The Morgan fingerprint density at radius 3 is 2.48 bits per heavy atom. The summed E-state index contributed by atoms with van der Waals surface area (Å²) in [5.74, 6) is -2.26. The second-order valence-corrected chi connectivity index (χ2v) is 8.45. The number of amides is 1. The highest BCUT2D eigenvalue weighted by Gasteiger charge is 2.30. The molecule has 2 aromatic rings. The number of hydrogen-bond donors (Lipinski definition) is 1. The molecular weight excluding hydrogens is 374 g/mol. The van der Waals surface area contributed by atoms with E-state index in [0.717, 1.165) is 17.7 Å². The van der Waals surface area contributed by atoms with E-state index in [9.17, 15) is 22.0 Å². The van der Waals surface area contributed by atoms with Gasteiger partial charge >= 0.3 is 0 Å². The van der Waals surface area contributed by atoms with Gasteiger partial charge in [0.2, 0.25) is 15.9 Å². The van der Waals surface area contributed by atoms with Crippen LogP contribution in [0, 0.1) is 11.6 Å². The van der Waals surface area contributed by atoms with Crippen LogP contribution < -0.4 is 9.62 Å². The molecule has 0 radical (unpaired) electrons. The van der Waals surface area contributed by atoms with E-state index in [1.54, 1.807) is 12.1 Å². The van der Waals surface area contributed by atoms with E-state index in [1.165, 1.54) is 17.3 Å². The number of aryl methyl sites for hydroxylation is 1. The summed E-state index contributed by atoms with van der Waals surface area (Å²) in [4.78, 5) is 11.5. The Balaban J connectivity index is 1.92. The summed E-state index contributed by atoms with van der Waals surface area (Å²) in [6, 6.07) is 8.67. The van der Waals surface area contributed by atoms with Crippen LogP contribution in [0.25, 0.3) is 0 Å². The molecule has 3 rings (SSSR count). The molecule has 144 valence electrons. The van der Waals surface area contributed by atoms with Crippen molar-refractivity contribution < 1.29 is 22.0 Å². The van der Waals surface area contributed by atoms with Gasteiger partial charge in [-0.2, -0.15) is 0 Å². The molecule has 2 aromatic carbocycles. The number of sulfonamides is 1. The molecule has 0 saturated heterocycles. The molecule has 27 heavy (non-hydrogen) atoms. The summed E-state index contributed by atoms with van der Waals surface area (Å²) in [5.41, 5.74) is 1.43. The van der Waals surface area contributed by atoms with Crippen molar-refractivity contribution in [3.63, 3.8) is 0 Å². The average molecular weight is 394 g/mol. The van der Waals surface area contributed by atoms with Crippen molar-refractivity contribution in [2.75, 3.05) is 21.9 Å². The largest absolute Gasteiger partial charge is 0.325 e. The molecule has 0 aliphatic carbocycles. The number of hydrogen-bond acceptors (Lipinski definition) is 3. The molecule has 0 spiro atoms. The molecule has 0 bridgehead atoms. The monoisotopic (exact) mass is 394 g/mol. The third-order valence-corrected chi connectivity index (χ3v) is 6.25. The summed E-state index contributed by atoms with van der Waals surface area (Å²) < 4.78 is 54.8. The molecule has 8 heteroatoms. The Bertz CT molecular complexity index is 957. The maximum atomic E-state index is 13.8. The van der Waals surface area contributed by atoms with Gasteiger partial charge in [0.05, 0.1) is 17.1 Å². The third kappa shape index (κ3) is 4.10. The lowest BCUT2D eigenvalue weighted by Gasteiger charge is -2.32. The van der Waals surface area contributed by atoms with Gasteiger partial charge in [0.1, 0.15) is 11.6 Å². The van der Waals surface area contributed by atoms with Crippen LogP contribution in [0.3, 0.4) is 0 Å². The first-order chi connectivity index (χ1) is 12.8. The van der Waals surface area contributed by atoms with Crippen molar-refractivity contribution in [3.05, 3.63) is 59.2 Å². The Labute approximate surface area is 157 Å². The molecule has 0 aromatic heterocycles. The zero-order chi connectivity index (χ0) is 19.6. The highest BCUT2D eigenvalue weighted by molar-refractivity contribution is 7.92.